The fourth-order valence-corrected chi connectivity index (χ4v) is 2.61. The van der Waals surface area contributed by atoms with Crippen molar-refractivity contribution in [2.75, 3.05) is 27.4 Å². The lowest BCUT2D eigenvalue weighted by atomic mass is 10.5. The maximum atomic E-state index is 8.62. The maximum Gasteiger partial charge on any atom is 0.177 e. The molecule has 2 unspecified atom stereocenters. The van der Waals surface area contributed by atoms with Crippen molar-refractivity contribution < 1.29 is 19.0 Å². The zero-order valence-corrected chi connectivity index (χ0v) is 9.81. The summed E-state index contributed by atoms with van der Waals surface area (Å²) in [6, 6.07) is 0.972. The molecule has 0 aromatic rings. The molecule has 0 aliphatic rings. The Kier molecular flexibility index (Phi) is 8.68. The first kappa shape index (κ1) is 13.1. The van der Waals surface area contributed by atoms with E-state index in [9.17, 15) is 0 Å². The van der Waals surface area contributed by atoms with E-state index in [2.05, 4.69) is 6.55 Å². The molecule has 4 nitrogen and oxygen atoms in total. The molecule has 0 spiro atoms. The summed E-state index contributed by atoms with van der Waals surface area (Å²) in [6.45, 7) is 2.80. The molecule has 0 saturated heterocycles. The van der Waals surface area contributed by atoms with Gasteiger partial charge in [-0.1, -0.05) is 0 Å². The largest absolute Gasteiger partial charge is 0.396 e. The summed E-state index contributed by atoms with van der Waals surface area (Å²) < 4.78 is 15.6. The second-order valence-corrected chi connectivity index (χ2v) is 5.40. The Hall–Kier alpha value is 0.0569. The van der Waals surface area contributed by atoms with Crippen LogP contribution in [0.2, 0.25) is 12.6 Å². The van der Waals surface area contributed by atoms with E-state index in [0.29, 0.717) is 6.61 Å². The summed E-state index contributed by atoms with van der Waals surface area (Å²) in [4.78, 5) is 0. The van der Waals surface area contributed by atoms with Crippen LogP contribution in [0.5, 0.6) is 0 Å². The van der Waals surface area contributed by atoms with E-state index in [1.165, 1.54) is 0 Å². The molecule has 0 heterocycles. The number of methoxy groups -OCH3 is 2. The summed E-state index contributed by atoms with van der Waals surface area (Å²) in [7, 11) is 2.04. The third kappa shape index (κ3) is 7.15. The summed E-state index contributed by atoms with van der Waals surface area (Å²) >= 11 is 0. The van der Waals surface area contributed by atoms with E-state index in [1.54, 1.807) is 14.2 Å². The molecule has 0 fully saturated rings. The number of aliphatic hydroxyl groups is 1. The van der Waals surface area contributed by atoms with E-state index >= 15 is 0 Å². The van der Waals surface area contributed by atoms with Crippen molar-refractivity contribution in [3.05, 3.63) is 0 Å². The van der Waals surface area contributed by atoms with Crippen molar-refractivity contribution in [3.8, 4) is 0 Å². The van der Waals surface area contributed by atoms with Crippen molar-refractivity contribution >= 4 is 9.04 Å². The Morgan fingerprint density at radius 1 is 1.38 bits per heavy atom. The first-order valence-electron chi connectivity index (χ1n) is 4.52. The molecular formula is C8H20O4Si. The molecule has 0 bridgehead atoms. The van der Waals surface area contributed by atoms with Gasteiger partial charge in [-0.3, -0.25) is 0 Å². The minimum atomic E-state index is -1.19. The van der Waals surface area contributed by atoms with Gasteiger partial charge in [-0.25, -0.2) is 0 Å². The van der Waals surface area contributed by atoms with E-state index in [1.807, 2.05) is 0 Å². The highest BCUT2D eigenvalue weighted by Crippen LogP contribution is 2.03. The molecule has 5 heteroatoms. The molecule has 2 atom stereocenters. The predicted molar refractivity (Wildman–Crippen MR) is 53.3 cm³/mol. The van der Waals surface area contributed by atoms with Gasteiger partial charge in [0.25, 0.3) is 0 Å². The minimum absolute atomic E-state index is 0.239. The number of ether oxygens (including phenoxy) is 2. The highest BCUT2D eigenvalue weighted by Gasteiger charge is 2.12. The molecule has 80 valence electrons. The Morgan fingerprint density at radius 3 is 2.54 bits per heavy atom. The Labute approximate surface area is 81.5 Å². The van der Waals surface area contributed by atoms with Crippen LogP contribution >= 0.6 is 0 Å². The molecule has 0 amide bonds. The lowest BCUT2D eigenvalue weighted by Crippen LogP contribution is -2.28. The van der Waals surface area contributed by atoms with Gasteiger partial charge in [0.05, 0.1) is 6.61 Å². The minimum Gasteiger partial charge on any atom is -0.396 e. The number of aliphatic hydroxyl groups excluding tert-OH is 1. The monoisotopic (exact) mass is 208 g/mol. The Bertz CT molecular complexity index is 112. The Morgan fingerprint density at radius 2 is 2.08 bits per heavy atom. The highest BCUT2D eigenvalue weighted by molar-refractivity contribution is 6.50. The number of rotatable bonds is 8. The molecule has 1 N–H and O–H groups in total. The van der Waals surface area contributed by atoms with Crippen LogP contribution in [0, 0.1) is 0 Å². The molecule has 0 radical (unpaired) electrons. The molecule has 0 aliphatic carbocycles. The fourth-order valence-electron chi connectivity index (χ4n) is 1.00. The lowest BCUT2D eigenvalue weighted by Gasteiger charge is -2.19. The number of hydrogen-bond donors (Lipinski definition) is 1. The third-order valence-corrected chi connectivity index (χ3v) is 3.71. The highest BCUT2D eigenvalue weighted by atomic mass is 28.3. The standard InChI is InChI=1S/C8H20O4Si/c1-10-7-8(11-2)12-13(3)6-4-5-9/h8-9,13H,4-7H2,1-3H3. The van der Waals surface area contributed by atoms with Gasteiger partial charge in [-0.2, -0.15) is 0 Å². The van der Waals surface area contributed by atoms with Crippen LogP contribution in [0.4, 0.5) is 0 Å². The molecule has 0 aromatic carbocycles. The van der Waals surface area contributed by atoms with Crippen LogP contribution in [0.15, 0.2) is 0 Å². The summed E-state index contributed by atoms with van der Waals surface area (Å²) in [5, 5.41) is 8.62. The van der Waals surface area contributed by atoms with Gasteiger partial charge in [0.1, 0.15) is 0 Å². The van der Waals surface area contributed by atoms with E-state index in [4.69, 9.17) is 19.0 Å². The fraction of sp³-hybridized carbons (Fsp3) is 1.00. The van der Waals surface area contributed by atoms with E-state index in [-0.39, 0.29) is 12.9 Å². The first-order chi connectivity index (χ1) is 6.24. The smallest absolute Gasteiger partial charge is 0.177 e. The molecule has 0 saturated carbocycles. The summed E-state index contributed by atoms with van der Waals surface area (Å²) in [6.07, 6.45) is 0.571. The van der Waals surface area contributed by atoms with Crippen LogP contribution in [0.1, 0.15) is 6.42 Å². The van der Waals surface area contributed by atoms with Crippen LogP contribution in [-0.2, 0) is 13.9 Å². The van der Waals surface area contributed by atoms with Crippen molar-refractivity contribution in [1.82, 2.24) is 0 Å². The lowest BCUT2D eigenvalue weighted by molar-refractivity contribution is -0.0957. The SMILES string of the molecule is COCC(OC)O[SiH](C)CCCO. The molecule has 0 rings (SSSR count). The maximum absolute atomic E-state index is 8.62. The average Bonchev–Trinajstić information content (AvgIpc) is 2.14. The van der Waals surface area contributed by atoms with E-state index < -0.39 is 9.04 Å². The van der Waals surface area contributed by atoms with Gasteiger partial charge in [-0.05, 0) is 19.0 Å². The predicted octanol–water partition coefficient (Wildman–Crippen LogP) is 0.358. The average molecular weight is 208 g/mol. The first-order valence-corrected chi connectivity index (χ1v) is 6.96. The van der Waals surface area contributed by atoms with Gasteiger partial charge in [0, 0.05) is 20.8 Å². The van der Waals surface area contributed by atoms with Crippen LogP contribution in [0.25, 0.3) is 0 Å². The van der Waals surface area contributed by atoms with Crippen LogP contribution < -0.4 is 0 Å². The van der Waals surface area contributed by atoms with Crippen molar-refractivity contribution in [3.63, 3.8) is 0 Å². The Balaban J connectivity index is 3.53. The zero-order chi connectivity index (χ0) is 10.1. The van der Waals surface area contributed by atoms with Gasteiger partial charge in [0.2, 0.25) is 0 Å². The number of hydrogen-bond acceptors (Lipinski definition) is 4. The second kappa shape index (κ2) is 8.65. The van der Waals surface area contributed by atoms with Gasteiger partial charge < -0.3 is 19.0 Å². The normalized spacial score (nSPS) is 15.7. The van der Waals surface area contributed by atoms with Gasteiger partial charge in [0.15, 0.2) is 15.3 Å². The third-order valence-electron chi connectivity index (χ3n) is 1.72. The topological polar surface area (TPSA) is 47.9 Å². The quantitative estimate of drug-likeness (QED) is 0.462. The molecule has 0 aliphatic heterocycles. The van der Waals surface area contributed by atoms with Crippen molar-refractivity contribution in [1.29, 1.82) is 0 Å². The summed E-state index contributed by atoms with van der Waals surface area (Å²) in [5.41, 5.74) is 0. The van der Waals surface area contributed by atoms with Crippen molar-refractivity contribution in [2.45, 2.75) is 25.3 Å². The van der Waals surface area contributed by atoms with Gasteiger partial charge >= 0.3 is 0 Å². The van der Waals surface area contributed by atoms with Gasteiger partial charge in [-0.15, -0.1) is 0 Å². The van der Waals surface area contributed by atoms with E-state index in [0.717, 1.165) is 12.5 Å². The van der Waals surface area contributed by atoms with Crippen LogP contribution in [0.3, 0.4) is 0 Å². The molecule has 13 heavy (non-hydrogen) atoms. The molecule has 0 aromatic heterocycles. The molecular weight excluding hydrogens is 188 g/mol. The van der Waals surface area contributed by atoms with Crippen molar-refractivity contribution in [2.24, 2.45) is 0 Å². The zero-order valence-electron chi connectivity index (χ0n) is 8.66. The second-order valence-electron chi connectivity index (χ2n) is 2.93. The van der Waals surface area contributed by atoms with Crippen LogP contribution in [-0.4, -0.2) is 47.9 Å². The summed E-state index contributed by atoms with van der Waals surface area (Å²) in [5.74, 6) is 0.